The molecule has 1 heterocycles. The first-order chi connectivity index (χ1) is 15.3. The van der Waals surface area contributed by atoms with Crippen LogP contribution in [-0.4, -0.2) is 17.3 Å². The maximum Gasteiger partial charge on any atom is 0.417 e. The lowest BCUT2D eigenvalue weighted by atomic mass is 10.1. The van der Waals surface area contributed by atoms with E-state index in [4.69, 9.17) is 0 Å². The van der Waals surface area contributed by atoms with Crippen molar-refractivity contribution in [2.45, 2.75) is 69.7 Å². The van der Waals surface area contributed by atoms with Gasteiger partial charge >= 0.3 is 12.8 Å². The predicted molar refractivity (Wildman–Crippen MR) is 115 cm³/mol. The summed E-state index contributed by atoms with van der Waals surface area (Å²) in [6, 6.07) is 7.66. The second kappa shape index (κ2) is 12.6. The molecule has 0 saturated heterocycles. The second-order valence-corrected chi connectivity index (χ2v) is 8.30. The normalized spacial score (nSPS) is 11.6. The summed E-state index contributed by atoms with van der Waals surface area (Å²) < 4.78 is 69.8. The van der Waals surface area contributed by atoms with E-state index >= 15 is 0 Å². The van der Waals surface area contributed by atoms with Gasteiger partial charge in [0, 0.05) is 5.56 Å². The summed E-state index contributed by atoms with van der Waals surface area (Å²) >= 11 is 1.13. The molecule has 0 aliphatic carbocycles. The summed E-state index contributed by atoms with van der Waals surface area (Å²) in [4.78, 5) is 4.29. The van der Waals surface area contributed by atoms with Crippen LogP contribution in [0.4, 0.5) is 22.0 Å². The Balaban J connectivity index is 2.20. The number of nitrogens with zero attached hydrogens (tertiary/aromatic N) is 2. The second-order valence-electron chi connectivity index (χ2n) is 7.22. The van der Waals surface area contributed by atoms with Crippen molar-refractivity contribution in [3.63, 3.8) is 0 Å². The van der Waals surface area contributed by atoms with E-state index in [1.165, 1.54) is 37.1 Å². The number of hydrogen-bond acceptors (Lipinski definition) is 4. The van der Waals surface area contributed by atoms with Crippen molar-refractivity contribution in [2.75, 3.05) is 5.75 Å². The largest absolute Gasteiger partial charge is 0.435 e. The minimum Gasteiger partial charge on any atom is -0.435 e. The first-order valence-corrected chi connectivity index (χ1v) is 11.4. The number of nitriles is 1. The molecule has 1 aromatic heterocycles. The lowest BCUT2D eigenvalue weighted by Crippen LogP contribution is -2.10. The van der Waals surface area contributed by atoms with Gasteiger partial charge in [-0.1, -0.05) is 45.4 Å². The van der Waals surface area contributed by atoms with Gasteiger partial charge in [0.1, 0.15) is 16.8 Å². The number of hydrogen-bond donors (Lipinski definition) is 0. The molecule has 0 aliphatic heterocycles. The topological polar surface area (TPSA) is 45.9 Å². The van der Waals surface area contributed by atoms with Crippen LogP contribution in [0.1, 0.15) is 63.0 Å². The maximum absolute atomic E-state index is 13.6. The van der Waals surface area contributed by atoms with Gasteiger partial charge in [0.15, 0.2) is 0 Å². The highest BCUT2D eigenvalue weighted by Gasteiger charge is 2.36. The summed E-state index contributed by atoms with van der Waals surface area (Å²) in [6.45, 7) is -0.856. The van der Waals surface area contributed by atoms with Crippen LogP contribution in [0.25, 0.3) is 11.3 Å². The van der Waals surface area contributed by atoms with Crippen molar-refractivity contribution in [2.24, 2.45) is 0 Å². The van der Waals surface area contributed by atoms with Crippen LogP contribution in [0.5, 0.6) is 5.75 Å². The Morgan fingerprint density at radius 2 is 1.66 bits per heavy atom. The quantitative estimate of drug-likeness (QED) is 0.178. The minimum atomic E-state index is -4.73. The summed E-state index contributed by atoms with van der Waals surface area (Å²) in [6.07, 6.45) is 2.81. The van der Waals surface area contributed by atoms with Crippen LogP contribution >= 0.6 is 11.8 Å². The molecule has 0 spiro atoms. The fourth-order valence-corrected chi connectivity index (χ4v) is 4.15. The third-order valence-corrected chi connectivity index (χ3v) is 5.83. The number of alkyl halides is 5. The van der Waals surface area contributed by atoms with Crippen molar-refractivity contribution in [3.05, 3.63) is 41.5 Å². The van der Waals surface area contributed by atoms with Crippen LogP contribution in [0.3, 0.4) is 0 Å². The van der Waals surface area contributed by atoms with Gasteiger partial charge in [-0.25, -0.2) is 4.98 Å². The van der Waals surface area contributed by atoms with E-state index in [9.17, 15) is 27.2 Å². The summed E-state index contributed by atoms with van der Waals surface area (Å²) in [5.74, 6) is 0.444. The predicted octanol–water partition coefficient (Wildman–Crippen LogP) is 8.08. The van der Waals surface area contributed by atoms with E-state index in [0.717, 1.165) is 49.9 Å². The van der Waals surface area contributed by atoms with E-state index in [2.05, 4.69) is 16.6 Å². The van der Waals surface area contributed by atoms with E-state index in [0.29, 0.717) is 11.3 Å². The van der Waals surface area contributed by atoms with E-state index in [1.807, 2.05) is 0 Å². The standard InChI is InChI=1S/C23H25F5N2OS/c1-2-3-4-5-6-7-8-13-32-21-18(15-29)19(23(26,27)28)14-20(30-21)16-9-11-17(12-10-16)31-22(24)25/h9-12,14,22H,2-8,13H2,1H3. The van der Waals surface area contributed by atoms with Crippen LogP contribution in [0, 0.1) is 11.3 Å². The molecule has 0 amide bonds. The van der Waals surface area contributed by atoms with Crippen LogP contribution in [-0.2, 0) is 6.18 Å². The number of ether oxygens (including phenoxy) is 1. The molecule has 174 valence electrons. The molecular formula is C23H25F5N2OS. The zero-order valence-electron chi connectivity index (χ0n) is 17.7. The molecule has 0 unspecified atom stereocenters. The molecule has 32 heavy (non-hydrogen) atoms. The maximum atomic E-state index is 13.6. The Labute approximate surface area is 189 Å². The first-order valence-electron chi connectivity index (χ1n) is 10.5. The van der Waals surface area contributed by atoms with Gasteiger partial charge in [0.25, 0.3) is 0 Å². The number of unbranched alkanes of at least 4 members (excludes halogenated alkanes) is 6. The fraction of sp³-hybridized carbons (Fsp3) is 0.478. The zero-order chi connectivity index (χ0) is 23.6. The summed E-state index contributed by atoms with van der Waals surface area (Å²) in [7, 11) is 0. The van der Waals surface area contributed by atoms with Crippen molar-refractivity contribution in [1.82, 2.24) is 4.98 Å². The average Bonchev–Trinajstić information content (AvgIpc) is 2.74. The van der Waals surface area contributed by atoms with E-state index in [1.54, 1.807) is 6.07 Å². The third-order valence-electron chi connectivity index (χ3n) is 4.77. The SMILES string of the molecule is CCCCCCCCCSc1nc(-c2ccc(OC(F)F)cc2)cc(C(F)(F)F)c1C#N. The Kier molecular flexibility index (Phi) is 10.2. The number of halogens is 5. The van der Waals surface area contributed by atoms with Crippen molar-refractivity contribution in [3.8, 4) is 23.1 Å². The first kappa shape index (κ1) is 25.9. The highest BCUT2D eigenvalue weighted by molar-refractivity contribution is 7.99. The van der Waals surface area contributed by atoms with Gasteiger partial charge in [-0.05, 0) is 42.5 Å². The molecule has 2 aromatic rings. The molecule has 0 fully saturated rings. The molecule has 0 bridgehead atoms. The Morgan fingerprint density at radius 3 is 2.22 bits per heavy atom. The molecule has 2 rings (SSSR count). The molecule has 0 N–H and O–H groups in total. The minimum absolute atomic E-state index is 0.0157. The Hall–Kier alpha value is -2.34. The number of rotatable bonds is 12. The highest BCUT2D eigenvalue weighted by atomic mass is 32.2. The monoisotopic (exact) mass is 472 g/mol. The summed E-state index contributed by atoms with van der Waals surface area (Å²) in [5, 5.41) is 9.40. The van der Waals surface area contributed by atoms with Crippen molar-refractivity contribution in [1.29, 1.82) is 5.26 Å². The molecule has 1 aromatic carbocycles. The Morgan fingerprint density at radius 1 is 1.03 bits per heavy atom. The van der Waals surface area contributed by atoms with Crippen molar-refractivity contribution < 1.29 is 26.7 Å². The number of thioether (sulfide) groups is 1. The molecule has 0 atom stereocenters. The number of benzene rings is 1. The lowest BCUT2D eigenvalue weighted by Gasteiger charge is -2.14. The van der Waals surface area contributed by atoms with Gasteiger partial charge in [-0.3, -0.25) is 0 Å². The molecule has 0 radical (unpaired) electrons. The molecule has 0 aliphatic rings. The highest BCUT2D eigenvalue weighted by Crippen LogP contribution is 2.38. The van der Waals surface area contributed by atoms with Crippen LogP contribution in [0.2, 0.25) is 0 Å². The number of pyridine rings is 1. The van der Waals surface area contributed by atoms with Crippen LogP contribution < -0.4 is 4.74 Å². The summed E-state index contributed by atoms with van der Waals surface area (Å²) in [5.41, 5.74) is -1.23. The van der Waals surface area contributed by atoms with Crippen LogP contribution in [0.15, 0.2) is 35.4 Å². The zero-order valence-corrected chi connectivity index (χ0v) is 18.5. The molecule has 0 saturated carbocycles. The van der Waals surface area contributed by atoms with Gasteiger partial charge in [-0.15, -0.1) is 11.8 Å². The van der Waals surface area contributed by atoms with Gasteiger partial charge in [0.05, 0.1) is 16.8 Å². The van der Waals surface area contributed by atoms with E-state index in [-0.39, 0.29) is 16.5 Å². The van der Waals surface area contributed by atoms with Crippen molar-refractivity contribution >= 4 is 11.8 Å². The van der Waals surface area contributed by atoms with Gasteiger partial charge < -0.3 is 4.74 Å². The van der Waals surface area contributed by atoms with Gasteiger partial charge in [-0.2, -0.15) is 27.2 Å². The smallest absolute Gasteiger partial charge is 0.417 e. The molecule has 3 nitrogen and oxygen atoms in total. The van der Waals surface area contributed by atoms with E-state index < -0.39 is 23.9 Å². The number of aromatic nitrogens is 1. The molecular weight excluding hydrogens is 447 g/mol. The fourth-order valence-electron chi connectivity index (χ4n) is 3.14. The molecule has 9 heteroatoms. The average molecular weight is 473 g/mol. The van der Waals surface area contributed by atoms with Gasteiger partial charge in [0.2, 0.25) is 0 Å². The lowest BCUT2D eigenvalue weighted by molar-refractivity contribution is -0.138. The third kappa shape index (κ3) is 7.97. The Bertz CT molecular complexity index is 895.